The summed E-state index contributed by atoms with van der Waals surface area (Å²) in [6.07, 6.45) is -0.663. The van der Waals surface area contributed by atoms with Gasteiger partial charge in [-0.25, -0.2) is 0 Å². The molecule has 0 radical (unpaired) electrons. The molecule has 0 fully saturated rings. The number of nitrogens with one attached hydrogen (secondary N) is 4. The molecule has 4 N–H and O–H groups in total. The summed E-state index contributed by atoms with van der Waals surface area (Å²) < 4.78 is 10.9. The van der Waals surface area contributed by atoms with Crippen LogP contribution in [0.25, 0.3) is 0 Å². The zero-order chi connectivity index (χ0) is 17.9. The molecule has 1 aromatic carbocycles. The van der Waals surface area contributed by atoms with Crippen LogP contribution in [-0.4, -0.2) is 50.9 Å². The van der Waals surface area contributed by atoms with E-state index < -0.39 is 6.10 Å². The molecule has 0 saturated carbocycles. The van der Waals surface area contributed by atoms with Crippen LogP contribution in [0.15, 0.2) is 24.3 Å². The van der Waals surface area contributed by atoms with Crippen LogP contribution in [0.1, 0.15) is 13.8 Å². The Balaban J connectivity index is 2.32. The topological polar surface area (TPSA) is 76.1 Å². The van der Waals surface area contributed by atoms with Crippen LogP contribution in [0.4, 0.5) is 0 Å². The first-order chi connectivity index (χ1) is 11.4. The normalized spacial score (nSPS) is 11.5. The second kappa shape index (κ2) is 10.7. The molecule has 0 bridgehead atoms. The Morgan fingerprint density at radius 1 is 1.21 bits per heavy atom. The van der Waals surface area contributed by atoms with Gasteiger partial charge in [0.05, 0.1) is 33.8 Å². The minimum Gasteiger partial charge on any atom is -0.494 e. The van der Waals surface area contributed by atoms with Gasteiger partial charge in [-0.15, -0.1) is 0 Å². The Morgan fingerprint density at radius 2 is 1.83 bits per heavy atom. The molecule has 8 heteroatoms. The van der Waals surface area contributed by atoms with E-state index in [4.69, 9.17) is 21.7 Å². The van der Waals surface area contributed by atoms with Gasteiger partial charge in [0.1, 0.15) is 11.5 Å². The van der Waals surface area contributed by atoms with Crippen LogP contribution in [0.3, 0.4) is 0 Å². The van der Waals surface area contributed by atoms with Crippen molar-refractivity contribution in [2.75, 3.05) is 33.8 Å². The van der Waals surface area contributed by atoms with Gasteiger partial charge in [-0.1, -0.05) is 0 Å². The number of benzene rings is 1. The zero-order valence-corrected chi connectivity index (χ0v) is 15.5. The summed E-state index contributed by atoms with van der Waals surface area (Å²) in [5, 5.41) is 3.38. The highest BCUT2D eigenvalue weighted by Crippen LogP contribution is 2.18. The minimum atomic E-state index is -0.663. The van der Waals surface area contributed by atoms with Crippen LogP contribution >= 0.6 is 12.2 Å². The maximum absolute atomic E-state index is 12.0. The monoisotopic (exact) mass is 355 g/mol. The molecular formula is C16H27N4O3S+. The second-order valence-corrected chi connectivity index (χ2v) is 5.90. The molecule has 134 valence electrons. The van der Waals surface area contributed by atoms with Crippen LogP contribution in [0, 0.1) is 0 Å². The molecule has 24 heavy (non-hydrogen) atoms. The molecule has 1 aromatic rings. The van der Waals surface area contributed by atoms with Crippen molar-refractivity contribution in [3.8, 4) is 11.5 Å². The predicted octanol–water partition coefficient (Wildman–Crippen LogP) is -0.508. The van der Waals surface area contributed by atoms with E-state index in [0.717, 1.165) is 18.8 Å². The summed E-state index contributed by atoms with van der Waals surface area (Å²) in [7, 11) is 4.11. The number of carbonyl (C=O) groups excluding carboxylic acids is 1. The Labute approximate surface area is 148 Å². The quantitative estimate of drug-likeness (QED) is 0.372. The molecule has 0 heterocycles. The first kappa shape index (κ1) is 20.0. The lowest BCUT2D eigenvalue weighted by Crippen LogP contribution is -3.06. The SMILES string of the molecule is CCOc1ccc(O[C@@H](C)C(=O)NNC(=S)NCC[NH+](C)C)cc1. The molecule has 1 rings (SSSR count). The number of hydrogen-bond donors (Lipinski definition) is 4. The molecular weight excluding hydrogens is 328 g/mol. The summed E-state index contributed by atoms with van der Waals surface area (Å²) in [6.45, 7) is 5.84. The average molecular weight is 355 g/mol. The van der Waals surface area contributed by atoms with Crippen molar-refractivity contribution in [2.24, 2.45) is 0 Å². The molecule has 0 saturated heterocycles. The zero-order valence-electron chi connectivity index (χ0n) is 14.6. The van der Waals surface area contributed by atoms with Crippen LogP contribution in [-0.2, 0) is 4.79 Å². The maximum Gasteiger partial charge on any atom is 0.279 e. The second-order valence-electron chi connectivity index (χ2n) is 5.49. The third kappa shape index (κ3) is 7.98. The number of rotatable bonds is 8. The van der Waals surface area contributed by atoms with Crippen molar-refractivity contribution < 1.29 is 19.2 Å². The van der Waals surface area contributed by atoms with Gasteiger partial charge in [0, 0.05) is 0 Å². The standard InChI is InChI=1S/C16H26N4O3S/c1-5-22-13-6-8-14(9-7-13)23-12(2)15(21)18-19-16(24)17-10-11-20(3)4/h6-9,12H,5,10-11H2,1-4H3,(H,18,21)(H2,17,19,24)/p+1/t12-/m0/s1. The highest BCUT2D eigenvalue weighted by atomic mass is 32.1. The molecule has 0 aromatic heterocycles. The summed E-state index contributed by atoms with van der Waals surface area (Å²) >= 11 is 5.08. The van der Waals surface area contributed by atoms with E-state index in [-0.39, 0.29) is 5.91 Å². The molecule has 0 spiro atoms. The lowest BCUT2D eigenvalue weighted by molar-refractivity contribution is -0.856. The molecule has 1 amide bonds. The maximum atomic E-state index is 12.0. The lowest BCUT2D eigenvalue weighted by Gasteiger charge is -2.17. The van der Waals surface area contributed by atoms with Crippen molar-refractivity contribution in [3.63, 3.8) is 0 Å². The van der Waals surface area contributed by atoms with Crippen molar-refractivity contribution in [2.45, 2.75) is 20.0 Å². The number of carbonyl (C=O) groups is 1. The highest BCUT2D eigenvalue weighted by molar-refractivity contribution is 7.80. The fourth-order valence-electron chi connectivity index (χ4n) is 1.73. The summed E-state index contributed by atoms with van der Waals surface area (Å²) in [4.78, 5) is 13.3. The molecule has 0 aliphatic heterocycles. The van der Waals surface area contributed by atoms with Gasteiger partial charge in [0.15, 0.2) is 11.2 Å². The summed E-state index contributed by atoms with van der Waals surface area (Å²) in [6, 6.07) is 7.12. The smallest absolute Gasteiger partial charge is 0.279 e. The van der Waals surface area contributed by atoms with Crippen LogP contribution in [0.2, 0.25) is 0 Å². The third-order valence-corrected chi connectivity index (χ3v) is 3.27. The third-order valence-electron chi connectivity index (χ3n) is 3.03. The summed E-state index contributed by atoms with van der Waals surface area (Å²) in [5.74, 6) is 1.04. The molecule has 0 aliphatic carbocycles. The van der Waals surface area contributed by atoms with E-state index in [1.807, 2.05) is 6.92 Å². The largest absolute Gasteiger partial charge is 0.494 e. The van der Waals surface area contributed by atoms with Gasteiger partial charge < -0.3 is 19.7 Å². The lowest BCUT2D eigenvalue weighted by atomic mass is 10.3. The molecule has 7 nitrogen and oxygen atoms in total. The van der Waals surface area contributed by atoms with E-state index in [0.29, 0.717) is 17.5 Å². The predicted molar refractivity (Wildman–Crippen MR) is 97.3 cm³/mol. The first-order valence-corrected chi connectivity index (χ1v) is 8.35. The van der Waals surface area contributed by atoms with E-state index >= 15 is 0 Å². The summed E-state index contributed by atoms with van der Waals surface area (Å²) in [5.41, 5.74) is 5.18. The van der Waals surface area contributed by atoms with Gasteiger partial charge in [0.2, 0.25) is 0 Å². The first-order valence-electron chi connectivity index (χ1n) is 7.94. The molecule has 0 unspecified atom stereocenters. The number of hydrogen-bond acceptors (Lipinski definition) is 4. The van der Waals surface area contributed by atoms with Gasteiger partial charge in [-0.3, -0.25) is 15.6 Å². The highest BCUT2D eigenvalue weighted by Gasteiger charge is 2.14. The minimum absolute atomic E-state index is 0.314. The average Bonchev–Trinajstić information content (AvgIpc) is 2.54. The number of ether oxygens (including phenoxy) is 2. The Hall–Kier alpha value is -2.06. The van der Waals surface area contributed by atoms with Crippen LogP contribution in [0.5, 0.6) is 11.5 Å². The fourth-order valence-corrected chi connectivity index (χ4v) is 1.88. The number of likely N-dealkylation sites (N-methyl/N-ethyl adjacent to an activating group) is 1. The van der Waals surface area contributed by atoms with E-state index in [1.54, 1.807) is 31.2 Å². The molecule has 1 atom stereocenters. The van der Waals surface area contributed by atoms with Crippen molar-refractivity contribution in [3.05, 3.63) is 24.3 Å². The van der Waals surface area contributed by atoms with Gasteiger partial charge in [-0.2, -0.15) is 0 Å². The number of hydrazine groups is 1. The van der Waals surface area contributed by atoms with Crippen molar-refractivity contribution in [1.29, 1.82) is 0 Å². The number of amides is 1. The van der Waals surface area contributed by atoms with Crippen molar-refractivity contribution >= 4 is 23.2 Å². The fraction of sp³-hybridized carbons (Fsp3) is 0.500. The Kier molecular flexibility index (Phi) is 8.88. The number of quaternary nitrogens is 1. The van der Waals surface area contributed by atoms with E-state index in [9.17, 15) is 4.79 Å². The van der Waals surface area contributed by atoms with Gasteiger partial charge in [0.25, 0.3) is 5.91 Å². The number of thiocarbonyl (C=S) groups is 1. The van der Waals surface area contributed by atoms with Gasteiger partial charge in [-0.05, 0) is 50.3 Å². The van der Waals surface area contributed by atoms with Crippen LogP contribution < -0.4 is 30.5 Å². The molecule has 0 aliphatic rings. The van der Waals surface area contributed by atoms with E-state index in [2.05, 4.69) is 30.3 Å². The van der Waals surface area contributed by atoms with Gasteiger partial charge >= 0.3 is 0 Å². The van der Waals surface area contributed by atoms with E-state index in [1.165, 1.54) is 4.90 Å². The van der Waals surface area contributed by atoms with Crippen molar-refractivity contribution in [1.82, 2.24) is 16.2 Å². The Morgan fingerprint density at radius 3 is 2.42 bits per heavy atom. The Bertz CT molecular complexity index is 523.